The lowest BCUT2D eigenvalue weighted by Crippen LogP contribution is -2.26. The van der Waals surface area contributed by atoms with Gasteiger partial charge in [0.1, 0.15) is 5.56 Å². The second-order valence-electron chi connectivity index (χ2n) is 5.92. The molecule has 0 aliphatic heterocycles. The number of anilines is 1. The quantitative estimate of drug-likeness (QED) is 0.501. The minimum absolute atomic E-state index is 0.0502. The molecule has 1 amide bonds. The summed E-state index contributed by atoms with van der Waals surface area (Å²) in [6, 6.07) is 13.3. The summed E-state index contributed by atoms with van der Waals surface area (Å²) < 4.78 is 14.4. The van der Waals surface area contributed by atoms with Crippen molar-refractivity contribution in [2.45, 2.75) is 12.6 Å². The molecule has 0 spiro atoms. The Morgan fingerprint density at radius 3 is 2.43 bits per heavy atom. The SMILES string of the molecule is O=C(O)c1c(NC(=O)[C@@H](F)Cc2ccccc2Cl)csc1-c1ccc(Cl)cc1. The Kier molecular flexibility index (Phi) is 6.34. The molecule has 4 nitrogen and oxygen atoms in total. The molecule has 1 atom stereocenters. The van der Waals surface area contributed by atoms with Crippen LogP contribution in [0.1, 0.15) is 15.9 Å². The van der Waals surface area contributed by atoms with Gasteiger partial charge in [0.25, 0.3) is 5.91 Å². The Bertz CT molecular complexity index is 1020. The number of alkyl halides is 1. The topological polar surface area (TPSA) is 66.4 Å². The second-order valence-corrected chi connectivity index (χ2v) is 7.64. The number of hydrogen-bond acceptors (Lipinski definition) is 3. The largest absolute Gasteiger partial charge is 0.478 e. The predicted octanol–water partition coefficient (Wildman–Crippen LogP) is 5.94. The van der Waals surface area contributed by atoms with Gasteiger partial charge in [-0.1, -0.05) is 53.5 Å². The van der Waals surface area contributed by atoms with Crippen LogP contribution in [0.3, 0.4) is 0 Å². The summed E-state index contributed by atoms with van der Waals surface area (Å²) in [6.45, 7) is 0. The molecule has 2 aromatic carbocycles. The Labute approximate surface area is 174 Å². The fourth-order valence-electron chi connectivity index (χ4n) is 2.64. The molecular formula is C20H14Cl2FNO3S. The van der Waals surface area contributed by atoms with Crippen molar-refractivity contribution in [3.05, 3.63) is 75.1 Å². The zero-order valence-electron chi connectivity index (χ0n) is 14.3. The molecular weight excluding hydrogens is 424 g/mol. The number of hydrogen-bond donors (Lipinski definition) is 2. The second kappa shape index (κ2) is 8.73. The molecule has 3 aromatic rings. The van der Waals surface area contributed by atoms with Crippen molar-refractivity contribution < 1.29 is 19.1 Å². The van der Waals surface area contributed by atoms with Crippen LogP contribution in [0.25, 0.3) is 10.4 Å². The van der Waals surface area contributed by atoms with Crippen molar-refractivity contribution in [3.8, 4) is 10.4 Å². The summed E-state index contributed by atoms with van der Waals surface area (Å²) in [5.74, 6) is -2.15. The first-order valence-electron chi connectivity index (χ1n) is 8.16. The van der Waals surface area contributed by atoms with Crippen molar-refractivity contribution >= 4 is 52.1 Å². The van der Waals surface area contributed by atoms with Gasteiger partial charge in [-0.15, -0.1) is 11.3 Å². The highest BCUT2D eigenvalue weighted by Gasteiger charge is 2.25. The summed E-state index contributed by atoms with van der Waals surface area (Å²) in [4.78, 5) is 24.5. The smallest absolute Gasteiger partial charge is 0.339 e. The number of nitrogens with one attached hydrogen (secondary N) is 1. The molecule has 0 unspecified atom stereocenters. The number of thiophene rings is 1. The third-order valence-corrected chi connectivity index (χ3v) is 5.66. The molecule has 0 saturated heterocycles. The van der Waals surface area contributed by atoms with Crippen molar-refractivity contribution in [2.24, 2.45) is 0 Å². The third-order valence-electron chi connectivity index (χ3n) is 4.01. The van der Waals surface area contributed by atoms with Gasteiger partial charge in [-0.25, -0.2) is 9.18 Å². The van der Waals surface area contributed by atoms with E-state index in [1.165, 1.54) is 5.38 Å². The molecule has 0 aliphatic carbocycles. The lowest BCUT2D eigenvalue weighted by atomic mass is 10.1. The van der Waals surface area contributed by atoms with Gasteiger partial charge in [-0.05, 0) is 29.3 Å². The summed E-state index contributed by atoms with van der Waals surface area (Å²) in [5.41, 5.74) is 1.09. The number of aromatic carboxylic acids is 1. The zero-order chi connectivity index (χ0) is 20.3. The van der Waals surface area contributed by atoms with Gasteiger partial charge in [0.15, 0.2) is 6.17 Å². The Hall–Kier alpha value is -2.41. The van der Waals surface area contributed by atoms with Crippen LogP contribution in [0.4, 0.5) is 10.1 Å². The molecule has 3 rings (SSSR count). The predicted molar refractivity (Wildman–Crippen MR) is 110 cm³/mol. The normalized spacial score (nSPS) is 11.8. The van der Waals surface area contributed by atoms with E-state index in [-0.39, 0.29) is 17.7 Å². The fraction of sp³-hybridized carbons (Fsp3) is 0.100. The number of amides is 1. The standard InChI is InChI=1S/C20H14Cl2FNO3S/c21-13-7-5-11(6-8-13)18-17(20(26)27)16(10-28-18)24-19(25)15(23)9-12-3-1-2-4-14(12)22/h1-8,10,15H,9H2,(H,24,25)(H,26,27)/t15-/m0/s1. The number of rotatable bonds is 6. The van der Waals surface area contributed by atoms with Gasteiger partial charge in [-0.3, -0.25) is 4.79 Å². The average molecular weight is 438 g/mol. The van der Waals surface area contributed by atoms with E-state index >= 15 is 0 Å². The van der Waals surface area contributed by atoms with Crippen LogP contribution in [0.15, 0.2) is 53.9 Å². The third kappa shape index (κ3) is 4.52. The minimum atomic E-state index is -1.87. The lowest BCUT2D eigenvalue weighted by Gasteiger charge is -2.11. The number of benzene rings is 2. The molecule has 0 radical (unpaired) electrons. The minimum Gasteiger partial charge on any atom is -0.478 e. The van der Waals surface area contributed by atoms with Crippen molar-refractivity contribution in [1.82, 2.24) is 0 Å². The van der Waals surface area contributed by atoms with E-state index in [0.717, 1.165) is 11.3 Å². The molecule has 144 valence electrons. The van der Waals surface area contributed by atoms with E-state index in [4.69, 9.17) is 23.2 Å². The number of carboxylic acid groups (broad SMARTS) is 1. The fourth-order valence-corrected chi connectivity index (χ4v) is 3.98. The van der Waals surface area contributed by atoms with E-state index in [1.54, 1.807) is 48.5 Å². The summed E-state index contributed by atoms with van der Waals surface area (Å²) in [6.07, 6.45) is -2.08. The first-order chi connectivity index (χ1) is 13.4. The molecule has 0 aliphatic rings. The highest BCUT2D eigenvalue weighted by molar-refractivity contribution is 7.14. The summed E-state index contributed by atoms with van der Waals surface area (Å²) >= 11 is 13.0. The highest BCUT2D eigenvalue weighted by atomic mass is 35.5. The van der Waals surface area contributed by atoms with Gasteiger partial charge in [-0.2, -0.15) is 0 Å². The van der Waals surface area contributed by atoms with Gasteiger partial charge in [0.05, 0.1) is 10.6 Å². The lowest BCUT2D eigenvalue weighted by molar-refractivity contribution is -0.120. The van der Waals surface area contributed by atoms with Crippen molar-refractivity contribution in [2.75, 3.05) is 5.32 Å². The molecule has 8 heteroatoms. The maximum Gasteiger partial charge on any atom is 0.339 e. The van der Waals surface area contributed by atoms with Crippen LogP contribution in [0.2, 0.25) is 10.0 Å². The number of carbonyl (C=O) groups excluding carboxylic acids is 1. The molecule has 2 N–H and O–H groups in total. The number of carboxylic acids is 1. The van der Waals surface area contributed by atoms with Crippen molar-refractivity contribution in [3.63, 3.8) is 0 Å². The average Bonchev–Trinajstić information content (AvgIpc) is 3.08. The number of halogens is 3. The van der Waals surface area contributed by atoms with Crippen LogP contribution in [-0.2, 0) is 11.2 Å². The maximum atomic E-state index is 14.4. The van der Waals surface area contributed by atoms with Crippen LogP contribution < -0.4 is 5.32 Å². The van der Waals surface area contributed by atoms with E-state index in [1.807, 2.05) is 0 Å². The van der Waals surface area contributed by atoms with Gasteiger partial charge >= 0.3 is 5.97 Å². The molecule has 0 saturated carbocycles. The summed E-state index contributed by atoms with van der Waals surface area (Å²) in [5, 5.41) is 14.3. The Balaban J connectivity index is 1.82. The Morgan fingerprint density at radius 1 is 1.11 bits per heavy atom. The first-order valence-corrected chi connectivity index (χ1v) is 9.79. The molecule has 0 fully saturated rings. The first kappa shape index (κ1) is 20.3. The van der Waals surface area contributed by atoms with Crippen LogP contribution in [0.5, 0.6) is 0 Å². The van der Waals surface area contributed by atoms with Crippen LogP contribution >= 0.6 is 34.5 Å². The highest BCUT2D eigenvalue weighted by Crippen LogP contribution is 2.36. The van der Waals surface area contributed by atoms with Gasteiger partial charge in [0.2, 0.25) is 0 Å². The zero-order valence-corrected chi connectivity index (χ0v) is 16.6. The van der Waals surface area contributed by atoms with Gasteiger partial charge < -0.3 is 10.4 Å². The van der Waals surface area contributed by atoms with E-state index in [0.29, 0.717) is 26.0 Å². The molecule has 1 aromatic heterocycles. The maximum absolute atomic E-state index is 14.4. The molecule has 0 bridgehead atoms. The molecule has 1 heterocycles. The molecule has 28 heavy (non-hydrogen) atoms. The Morgan fingerprint density at radius 2 is 1.79 bits per heavy atom. The number of carbonyl (C=O) groups is 2. The van der Waals surface area contributed by atoms with Crippen molar-refractivity contribution in [1.29, 1.82) is 0 Å². The van der Waals surface area contributed by atoms with E-state index in [9.17, 15) is 19.1 Å². The van der Waals surface area contributed by atoms with Crippen LogP contribution in [-0.4, -0.2) is 23.2 Å². The van der Waals surface area contributed by atoms with E-state index in [2.05, 4.69) is 5.32 Å². The van der Waals surface area contributed by atoms with Crippen LogP contribution in [0, 0.1) is 0 Å². The monoisotopic (exact) mass is 437 g/mol. The van der Waals surface area contributed by atoms with Gasteiger partial charge in [0, 0.05) is 21.8 Å². The summed E-state index contributed by atoms with van der Waals surface area (Å²) in [7, 11) is 0. The van der Waals surface area contributed by atoms with E-state index < -0.39 is 18.0 Å².